The SMILES string of the molecule is O=C(O)N1CCN(C(=O)c2cccc(F)n2)CC1. The molecule has 1 fully saturated rings. The van der Waals surface area contributed by atoms with Gasteiger partial charge in [0.1, 0.15) is 5.69 Å². The van der Waals surface area contributed by atoms with Gasteiger partial charge in [-0.3, -0.25) is 4.79 Å². The van der Waals surface area contributed by atoms with E-state index < -0.39 is 12.0 Å². The number of aromatic nitrogens is 1. The summed E-state index contributed by atoms with van der Waals surface area (Å²) in [7, 11) is 0. The fourth-order valence-electron chi connectivity index (χ4n) is 1.79. The molecule has 0 unspecified atom stereocenters. The highest BCUT2D eigenvalue weighted by Crippen LogP contribution is 2.07. The number of nitrogens with zero attached hydrogens (tertiary/aromatic N) is 3. The molecule has 0 spiro atoms. The van der Waals surface area contributed by atoms with Crippen LogP contribution >= 0.6 is 0 Å². The molecule has 0 saturated carbocycles. The highest BCUT2D eigenvalue weighted by atomic mass is 19.1. The summed E-state index contributed by atoms with van der Waals surface area (Å²) >= 11 is 0. The monoisotopic (exact) mass is 253 g/mol. The number of carbonyl (C=O) groups is 2. The Morgan fingerprint density at radius 2 is 1.78 bits per heavy atom. The summed E-state index contributed by atoms with van der Waals surface area (Å²) in [5, 5.41) is 8.78. The van der Waals surface area contributed by atoms with Crippen LogP contribution in [0.25, 0.3) is 0 Å². The third-order valence-corrected chi connectivity index (χ3v) is 2.77. The molecule has 18 heavy (non-hydrogen) atoms. The van der Waals surface area contributed by atoms with Crippen molar-refractivity contribution in [2.75, 3.05) is 26.2 Å². The van der Waals surface area contributed by atoms with Crippen molar-refractivity contribution in [2.45, 2.75) is 0 Å². The van der Waals surface area contributed by atoms with Crippen molar-refractivity contribution in [3.8, 4) is 0 Å². The largest absolute Gasteiger partial charge is 0.465 e. The average Bonchev–Trinajstić information content (AvgIpc) is 2.38. The van der Waals surface area contributed by atoms with Crippen LogP contribution in [0.4, 0.5) is 9.18 Å². The van der Waals surface area contributed by atoms with E-state index in [0.717, 1.165) is 0 Å². The molecule has 0 bridgehead atoms. The van der Waals surface area contributed by atoms with Crippen molar-refractivity contribution < 1.29 is 19.1 Å². The molecule has 2 amide bonds. The van der Waals surface area contributed by atoms with E-state index >= 15 is 0 Å². The van der Waals surface area contributed by atoms with Gasteiger partial charge in [0.25, 0.3) is 5.91 Å². The van der Waals surface area contributed by atoms with E-state index in [0.29, 0.717) is 13.1 Å². The molecule has 0 atom stereocenters. The number of hydrogen-bond acceptors (Lipinski definition) is 3. The van der Waals surface area contributed by atoms with Crippen molar-refractivity contribution in [2.24, 2.45) is 0 Å². The lowest BCUT2D eigenvalue weighted by Gasteiger charge is -2.32. The lowest BCUT2D eigenvalue weighted by Crippen LogP contribution is -2.50. The predicted molar refractivity (Wildman–Crippen MR) is 59.7 cm³/mol. The molecule has 1 aliphatic heterocycles. The van der Waals surface area contributed by atoms with Crippen molar-refractivity contribution in [3.63, 3.8) is 0 Å². The van der Waals surface area contributed by atoms with Gasteiger partial charge in [-0.15, -0.1) is 0 Å². The van der Waals surface area contributed by atoms with Gasteiger partial charge in [-0.05, 0) is 12.1 Å². The summed E-state index contributed by atoms with van der Waals surface area (Å²) in [5.74, 6) is -1.08. The van der Waals surface area contributed by atoms with Gasteiger partial charge in [0.15, 0.2) is 0 Å². The van der Waals surface area contributed by atoms with Gasteiger partial charge in [0.05, 0.1) is 0 Å². The van der Waals surface area contributed by atoms with E-state index in [2.05, 4.69) is 4.98 Å². The lowest BCUT2D eigenvalue weighted by atomic mass is 10.2. The molecule has 1 aromatic heterocycles. The molecule has 1 aromatic rings. The zero-order valence-corrected chi connectivity index (χ0v) is 9.54. The van der Waals surface area contributed by atoms with E-state index in [9.17, 15) is 14.0 Å². The van der Waals surface area contributed by atoms with Crippen LogP contribution in [0.15, 0.2) is 18.2 Å². The molecule has 0 aromatic carbocycles. The van der Waals surface area contributed by atoms with Gasteiger partial charge < -0.3 is 14.9 Å². The van der Waals surface area contributed by atoms with Crippen LogP contribution in [0.2, 0.25) is 0 Å². The number of rotatable bonds is 1. The quantitative estimate of drug-likeness (QED) is 0.746. The number of halogens is 1. The highest BCUT2D eigenvalue weighted by Gasteiger charge is 2.25. The van der Waals surface area contributed by atoms with Crippen molar-refractivity contribution in [1.82, 2.24) is 14.8 Å². The first-order valence-electron chi connectivity index (χ1n) is 5.47. The summed E-state index contributed by atoms with van der Waals surface area (Å²) in [5.41, 5.74) is 0.0405. The van der Waals surface area contributed by atoms with Gasteiger partial charge in [-0.2, -0.15) is 4.39 Å². The fourth-order valence-corrected chi connectivity index (χ4v) is 1.79. The zero-order valence-electron chi connectivity index (χ0n) is 9.54. The van der Waals surface area contributed by atoms with E-state index in [-0.39, 0.29) is 24.7 Å². The van der Waals surface area contributed by atoms with Gasteiger partial charge in [-0.1, -0.05) is 6.07 Å². The molecule has 6 nitrogen and oxygen atoms in total. The maximum Gasteiger partial charge on any atom is 0.407 e. The standard InChI is InChI=1S/C11H12FN3O3/c12-9-3-1-2-8(13-9)10(16)14-4-6-15(7-5-14)11(17)18/h1-3H,4-7H2,(H,17,18). The maximum atomic E-state index is 12.9. The molecule has 96 valence electrons. The Hall–Kier alpha value is -2.18. The minimum absolute atomic E-state index is 0.0405. The Labute approximate surface area is 103 Å². The number of carboxylic acid groups (broad SMARTS) is 1. The van der Waals surface area contributed by atoms with Crippen LogP contribution in [0.3, 0.4) is 0 Å². The third-order valence-electron chi connectivity index (χ3n) is 2.77. The highest BCUT2D eigenvalue weighted by molar-refractivity contribution is 5.92. The van der Waals surface area contributed by atoms with Crippen LogP contribution in [0.5, 0.6) is 0 Å². The Morgan fingerprint density at radius 1 is 1.17 bits per heavy atom. The van der Waals surface area contributed by atoms with Crippen LogP contribution in [0.1, 0.15) is 10.5 Å². The van der Waals surface area contributed by atoms with Crippen LogP contribution < -0.4 is 0 Å². The Kier molecular flexibility index (Phi) is 3.40. The molecule has 0 aliphatic carbocycles. The Balaban J connectivity index is 2.02. The second-order valence-electron chi connectivity index (χ2n) is 3.91. The minimum Gasteiger partial charge on any atom is -0.465 e. The molecule has 7 heteroatoms. The molecule has 2 heterocycles. The fraction of sp³-hybridized carbons (Fsp3) is 0.364. The van der Waals surface area contributed by atoms with E-state index in [4.69, 9.17) is 5.11 Å². The van der Waals surface area contributed by atoms with Gasteiger partial charge in [0, 0.05) is 26.2 Å². The van der Waals surface area contributed by atoms with Crippen LogP contribution in [-0.4, -0.2) is 58.1 Å². The van der Waals surface area contributed by atoms with Crippen molar-refractivity contribution in [3.05, 3.63) is 29.8 Å². The molecule has 2 rings (SSSR count). The molecular formula is C11H12FN3O3. The number of hydrogen-bond donors (Lipinski definition) is 1. The first kappa shape index (κ1) is 12.3. The topological polar surface area (TPSA) is 73.7 Å². The predicted octanol–water partition coefficient (Wildman–Crippen LogP) is 0.657. The number of carbonyl (C=O) groups excluding carboxylic acids is 1. The molecule has 1 saturated heterocycles. The molecule has 0 radical (unpaired) electrons. The van der Waals surface area contributed by atoms with E-state index in [1.807, 2.05) is 0 Å². The van der Waals surface area contributed by atoms with Crippen molar-refractivity contribution >= 4 is 12.0 Å². The van der Waals surface area contributed by atoms with E-state index in [1.54, 1.807) is 0 Å². The summed E-state index contributed by atoms with van der Waals surface area (Å²) in [6, 6.07) is 4.02. The normalized spacial score (nSPS) is 15.6. The van der Waals surface area contributed by atoms with Gasteiger partial charge in [-0.25, -0.2) is 9.78 Å². The second kappa shape index (κ2) is 4.99. The molecule has 1 N–H and O–H groups in total. The molecular weight excluding hydrogens is 241 g/mol. The maximum absolute atomic E-state index is 12.9. The molecule has 1 aliphatic rings. The number of pyridine rings is 1. The summed E-state index contributed by atoms with van der Waals surface area (Å²) in [4.78, 5) is 28.9. The first-order valence-corrected chi connectivity index (χ1v) is 5.47. The Bertz CT molecular complexity index is 472. The minimum atomic E-state index is -0.994. The van der Waals surface area contributed by atoms with Crippen LogP contribution in [-0.2, 0) is 0 Å². The second-order valence-corrected chi connectivity index (χ2v) is 3.91. The number of piperazine rings is 1. The third kappa shape index (κ3) is 2.55. The Morgan fingerprint density at radius 3 is 2.33 bits per heavy atom. The smallest absolute Gasteiger partial charge is 0.407 e. The van der Waals surface area contributed by atoms with E-state index in [1.165, 1.54) is 28.0 Å². The first-order chi connectivity index (χ1) is 8.58. The summed E-state index contributed by atoms with van der Waals surface area (Å²) in [6.07, 6.45) is -0.994. The summed E-state index contributed by atoms with van der Waals surface area (Å²) < 4.78 is 12.9. The van der Waals surface area contributed by atoms with Gasteiger partial charge in [0.2, 0.25) is 5.95 Å². The zero-order chi connectivity index (χ0) is 13.1. The van der Waals surface area contributed by atoms with Crippen LogP contribution in [0, 0.1) is 5.95 Å². The lowest BCUT2D eigenvalue weighted by molar-refractivity contribution is 0.0618. The van der Waals surface area contributed by atoms with Crippen molar-refractivity contribution in [1.29, 1.82) is 0 Å². The summed E-state index contributed by atoms with van der Waals surface area (Å²) in [6.45, 7) is 1.11. The van der Waals surface area contributed by atoms with Gasteiger partial charge >= 0.3 is 6.09 Å². The number of amides is 2. The average molecular weight is 253 g/mol.